The monoisotopic (exact) mass is 402 g/mol. The second-order valence-corrected chi connectivity index (χ2v) is 7.45. The minimum atomic E-state index is -0.581. The lowest BCUT2D eigenvalue weighted by Gasteiger charge is -2.36. The molecule has 1 fully saturated rings. The Morgan fingerprint density at radius 3 is 2.50 bits per heavy atom. The normalized spacial score (nSPS) is 16.4. The number of ether oxygens (including phenoxy) is 1. The molecule has 8 heteroatoms. The van der Waals surface area contributed by atoms with Crippen molar-refractivity contribution in [3.8, 4) is 5.75 Å². The van der Waals surface area contributed by atoms with Gasteiger partial charge in [0.25, 0.3) is 0 Å². The molecule has 1 saturated heterocycles. The Balaban J connectivity index is 1.24. The predicted octanol–water partition coefficient (Wildman–Crippen LogP) is 2.07. The summed E-state index contributed by atoms with van der Waals surface area (Å²) in [6.45, 7) is 4.36. The fourth-order valence-electron chi connectivity index (χ4n) is 3.49. The van der Waals surface area contributed by atoms with E-state index in [1.807, 2.05) is 24.3 Å². The highest BCUT2D eigenvalue weighted by molar-refractivity contribution is 6.30. The lowest BCUT2D eigenvalue weighted by Crippen LogP contribution is -2.49. The van der Waals surface area contributed by atoms with Gasteiger partial charge < -0.3 is 24.7 Å². The maximum absolute atomic E-state index is 11.3. The maximum atomic E-state index is 11.3. The molecular formula is C20H23ClN4O3. The van der Waals surface area contributed by atoms with Crippen LogP contribution in [0.25, 0.3) is 11.0 Å². The Hall–Kier alpha value is -2.48. The number of halogens is 1. The second-order valence-electron chi connectivity index (χ2n) is 7.02. The molecule has 4 rings (SSSR count). The number of nitrogens with zero attached hydrogens (tertiary/aromatic N) is 2. The van der Waals surface area contributed by atoms with Gasteiger partial charge in [0.2, 0.25) is 0 Å². The first-order valence-electron chi connectivity index (χ1n) is 9.32. The number of rotatable bonds is 6. The predicted molar refractivity (Wildman–Crippen MR) is 111 cm³/mol. The number of hydrogen-bond acceptors (Lipinski definition) is 5. The molecule has 0 spiro atoms. The molecule has 0 aliphatic carbocycles. The largest absolute Gasteiger partial charge is 0.491 e. The summed E-state index contributed by atoms with van der Waals surface area (Å²) < 4.78 is 5.69. The van der Waals surface area contributed by atoms with E-state index in [0.29, 0.717) is 17.8 Å². The number of fused-ring (bicyclic) bond motifs is 1. The summed E-state index contributed by atoms with van der Waals surface area (Å²) in [6, 6.07) is 13.2. The zero-order valence-electron chi connectivity index (χ0n) is 15.4. The Morgan fingerprint density at radius 1 is 1.04 bits per heavy atom. The molecule has 1 atom stereocenters. The molecule has 2 aromatic carbocycles. The van der Waals surface area contributed by atoms with Crippen LogP contribution < -0.4 is 15.3 Å². The lowest BCUT2D eigenvalue weighted by molar-refractivity contribution is 0.0663. The zero-order chi connectivity index (χ0) is 19.5. The van der Waals surface area contributed by atoms with Crippen LogP contribution >= 0.6 is 11.6 Å². The van der Waals surface area contributed by atoms with Gasteiger partial charge in [-0.15, -0.1) is 0 Å². The standard InChI is InChI=1S/C20H23ClN4O3/c21-14-1-3-15(4-2-14)25-9-7-24(8-10-25)12-16(26)13-28-17-5-6-18-19(11-17)23-20(27)22-18/h1-6,11,16,26H,7-10,12-13H2,(H2,22,23,27). The van der Waals surface area contributed by atoms with Crippen LogP contribution in [-0.4, -0.2) is 65.4 Å². The highest BCUT2D eigenvalue weighted by Gasteiger charge is 2.19. The lowest BCUT2D eigenvalue weighted by atomic mass is 10.2. The molecule has 1 unspecified atom stereocenters. The molecule has 3 aromatic rings. The van der Waals surface area contributed by atoms with Crippen molar-refractivity contribution in [2.75, 3.05) is 44.2 Å². The summed E-state index contributed by atoms with van der Waals surface area (Å²) in [5.74, 6) is 0.620. The topological polar surface area (TPSA) is 84.6 Å². The van der Waals surface area contributed by atoms with E-state index in [9.17, 15) is 9.90 Å². The number of aliphatic hydroxyl groups excluding tert-OH is 1. The van der Waals surface area contributed by atoms with Crippen molar-refractivity contribution >= 4 is 28.3 Å². The van der Waals surface area contributed by atoms with Crippen molar-refractivity contribution in [2.45, 2.75) is 6.10 Å². The number of imidazole rings is 1. The second kappa shape index (κ2) is 8.26. The average Bonchev–Trinajstić information content (AvgIpc) is 3.07. The van der Waals surface area contributed by atoms with Crippen molar-refractivity contribution in [1.29, 1.82) is 0 Å². The summed E-state index contributed by atoms with van der Waals surface area (Å²) in [7, 11) is 0. The van der Waals surface area contributed by atoms with Crippen LogP contribution in [0.5, 0.6) is 5.75 Å². The molecule has 0 amide bonds. The van der Waals surface area contributed by atoms with Gasteiger partial charge in [-0.1, -0.05) is 11.6 Å². The van der Waals surface area contributed by atoms with E-state index in [0.717, 1.165) is 36.7 Å². The van der Waals surface area contributed by atoms with E-state index in [1.54, 1.807) is 18.2 Å². The zero-order valence-corrected chi connectivity index (χ0v) is 16.2. The molecule has 0 saturated carbocycles. The molecule has 1 aromatic heterocycles. The summed E-state index contributed by atoms with van der Waals surface area (Å²) >= 11 is 5.95. The van der Waals surface area contributed by atoms with E-state index in [1.165, 1.54) is 5.69 Å². The van der Waals surface area contributed by atoms with Crippen LogP contribution in [0.3, 0.4) is 0 Å². The third-order valence-electron chi connectivity index (χ3n) is 4.96. The molecule has 0 radical (unpaired) electrons. The van der Waals surface area contributed by atoms with Gasteiger partial charge in [0, 0.05) is 49.5 Å². The van der Waals surface area contributed by atoms with Gasteiger partial charge in [0.15, 0.2) is 0 Å². The molecule has 2 heterocycles. The van der Waals surface area contributed by atoms with Crippen LogP contribution in [0.2, 0.25) is 5.02 Å². The van der Waals surface area contributed by atoms with Gasteiger partial charge in [0.05, 0.1) is 11.0 Å². The molecule has 1 aliphatic heterocycles. The smallest absolute Gasteiger partial charge is 0.323 e. The molecule has 28 heavy (non-hydrogen) atoms. The number of piperazine rings is 1. The van der Waals surface area contributed by atoms with Crippen molar-refractivity contribution in [3.63, 3.8) is 0 Å². The van der Waals surface area contributed by atoms with E-state index >= 15 is 0 Å². The molecule has 3 N–H and O–H groups in total. The fourth-order valence-corrected chi connectivity index (χ4v) is 3.61. The Labute approximate surface area is 167 Å². The van der Waals surface area contributed by atoms with Gasteiger partial charge in [-0.05, 0) is 36.4 Å². The number of anilines is 1. The Bertz CT molecular complexity index is 977. The van der Waals surface area contributed by atoms with Crippen molar-refractivity contribution in [3.05, 3.63) is 58.0 Å². The first-order chi connectivity index (χ1) is 13.6. The minimum absolute atomic E-state index is 0.206. The molecule has 148 valence electrons. The quantitative estimate of drug-likeness (QED) is 0.587. The van der Waals surface area contributed by atoms with Gasteiger partial charge in [-0.3, -0.25) is 4.90 Å². The highest BCUT2D eigenvalue weighted by Crippen LogP contribution is 2.20. The van der Waals surface area contributed by atoms with Crippen LogP contribution in [-0.2, 0) is 0 Å². The SMILES string of the molecule is O=c1[nH]c2ccc(OCC(O)CN3CCN(c4ccc(Cl)cc4)CC3)cc2[nH]1. The first kappa shape index (κ1) is 18.9. The number of H-pyrrole nitrogens is 2. The number of benzene rings is 2. The molecule has 0 bridgehead atoms. The minimum Gasteiger partial charge on any atom is -0.491 e. The number of nitrogens with one attached hydrogen (secondary N) is 2. The summed E-state index contributed by atoms with van der Waals surface area (Å²) in [5, 5.41) is 11.1. The number of aromatic amines is 2. The van der Waals surface area contributed by atoms with Gasteiger partial charge in [-0.25, -0.2) is 4.79 Å². The number of hydrogen-bond donors (Lipinski definition) is 3. The van der Waals surface area contributed by atoms with Crippen LogP contribution in [0.15, 0.2) is 47.3 Å². The van der Waals surface area contributed by atoms with E-state index in [-0.39, 0.29) is 12.3 Å². The van der Waals surface area contributed by atoms with E-state index in [2.05, 4.69) is 19.8 Å². The van der Waals surface area contributed by atoms with Gasteiger partial charge in [0.1, 0.15) is 18.5 Å². The van der Waals surface area contributed by atoms with Crippen LogP contribution in [0, 0.1) is 0 Å². The van der Waals surface area contributed by atoms with E-state index < -0.39 is 6.10 Å². The van der Waals surface area contributed by atoms with Crippen LogP contribution in [0.1, 0.15) is 0 Å². The Kier molecular flexibility index (Phi) is 5.57. The Morgan fingerprint density at radius 2 is 1.75 bits per heavy atom. The number of β-amino-alcohol motifs (C(OH)–C–C–N with tert-alkyl or cyclic N) is 1. The summed E-state index contributed by atoms with van der Waals surface area (Å²) in [6.07, 6.45) is -0.581. The molecule has 7 nitrogen and oxygen atoms in total. The summed E-state index contributed by atoms with van der Waals surface area (Å²) in [4.78, 5) is 21.3. The van der Waals surface area contributed by atoms with Gasteiger partial charge >= 0.3 is 5.69 Å². The van der Waals surface area contributed by atoms with Gasteiger partial charge in [-0.2, -0.15) is 0 Å². The fraction of sp³-hybridized carbons (Fsp3) is 0.350. The summed E-state index contributed by atoms with van der Waals surface area (Å²) in [5.41, 5.74) is 2.35. The first-order valence-corrected chi connectivity index (χ1v) is 9.70. The maximum Gasteiger partial charge on any atom is 0.323 e. The third kappa shape index (κ3) is 4.49. The molecular weight excluding hydrogens is 380 g/mol. The number of aliphatic hydroxyl groups is 1. The third-order valence-corrected chi connectivity index (χ3v) is 5.21. The van der Waals surface area contributed by atoms with Crippen LogP contribution in [0.4, 0.5) is 5.69 Å². The van der Waals surface area contributed by atoms with Crippen molar-refractivity contribution in [1.82, 2.24) is 14.9 Å². The van der Waals surface area contributed by atoms with Crippen molar-refractivity contribution in [2.24, 2.45) is 0 Å². The average molecular weight is 403 g/mol. The van der Waals surface area contributed by atoms with E-state index in [4.69, 9.17) is 16.3 Å². The molecule has 1 aliphatic rings. The highest BCUT2D eigenvalue weighted by atomic mass is 35.5. The van der Waals surface area contributed by atoms with Crippen molar-refractivity contribution < 1.29 is 9.84 Å². The number of aromatic nitrogens is 2.